The van der Waals surface area contributed by atoms with Crippen molar-refractivity contribution < 1.29 is 9.90 Å². The van der Waals surface area contributed by atoms with Gasteiger partial charge in [-0.15, -0.1) is 0 Å². The van der Waals surface area contributed by atoms with E-state index < -0.39 is 5.72 Å². The second-order valence-corrected chi connectivity index (χ2v) is 4.54. The molecule has 1 aliphatic heterocycles. The lowest BCUT2D eigenvalue weighted by molar-refractivity contribution is -0.127. The standard InChI is InChI=1S/C9H15NO2/c1-8(2)6-4-3-5-9(6,12)10-7(8)11/h6,12H,3-5H2,1-2H3,(H,10,11). The minimum atomic E-state index is -0.888. The third kappa shape index (κ3) is 0.774. The fraction of sp³-hybridized carbons (Fsp3) is 0.889. The molecular formula is C9H15NO2. The van der Waals surface area contributed by atoms with Crippen LogP contribution in [0.25, 0.3) is 0 Å². The Hall–Kier alpha value is -0.570. The Morgan fingerprint density at radius 1 is 1.58 bits per heavy atom. The number of fused-ring (bicyclic) bond motifs is 1. The van der Waals surface area contributed by atoms with Crippen LogP contribution in [0.1, 0.15) is 33.1 Å². The number of aliphatic hydroxyl groups is 1. The molecule has 0 aromatic heterocycles. The van der Waals surface area contributed by atoms with Crippen molar-refractivity contribution in [3.05, 3.63) is 0 Å². The molecule has 3 nitrogen and oxygen atoms in total. The van der Waals surface area contributed by atoms with Gasteiger partial charge < -0.3 is 10.4 Å². The minimum Gasteiger partial charge on any atom is -0.371 e. The van der Waals surface area contributed by atoms with Crippen molar-refractivity contribution >= 4 is 5.91 Å². The van der Waals surface area contributed by atoms with Gasteiger partial charge in [0.1, 0.15) is 5.72 Å². The van der Waals surface area contributed by atoms with E-state index >= 15 is 0 Å². The number of amides is 1. The lowest BCUT2D eigenvalue weighted by Gasteiger charge is -2.26. The molecule has 2 fully saturated rings. The monoisotopic (exact) mass is 169 g/mol. The first-order valence-electron chi connectivity index (χ1n) is 4.52. The van der Waals surface area contributed by atoms with Crippen LogP contribution in [-0.4, -0.2) is 16.7 Å². The summed E-state index contributed by atoms with van der Waals surface area (Å²) < 4.78 is 0. The molecule has 1 aliphatic carbocycles. The Labute approximate surface area is 72.2 Å². The summed E-state index contributed by atoms with van der Waals surface area (Å²) >= 11 is 0. The Balaban J connectivity index is 2.37. The van der Waals surface area contributed by atoms with E-state index in [0.29, 0.717) is 6.42 Å². The predicted octanol–water partition coefficient (Wildman–Crippen LogP) is 0.631. The zero-order chi connectivity index (χ0) is 8.98. The van der Waals surface area contributed by atoms with Crippen LogP contribution in [0.4, 0.5) is 0 Å². The smallest absolute Gasteiger partial charge is 0.228 e. The zero-order valence-electron chi connectivity index (χ0n) is 7.55. The first-order chi connectivity index (χ1) is 5.47. The Morgan fingerprint density at radius 2 is 2.25 bits per heavy atom. The molecule has 2 unspecified atom stereocenters. The summed E-state index contributed by atoms with van der Waals surface area (Å²) in [6, 6.07) is 0. The highest BCUT2D eigenvalue weighted by molar-refractivity contribution is 5.85. The van der Waals surface area contributed by atoms with Gasteiger partial charge in [0, 0.05) is 5.92 Å². The van der Waals surface area contributed by atoms with Gasteiger partial charge in [-0.1, -0.05) is 13.8 Å². The van der Waals surface area contributed by atoms with Gasteiger partial charge in [-0.2, -0.15) is 0 Å². The van der Waals surface area contributed by atoms with Crippen LogP contribution in [0, 0.1) is 11.3 Å². The molecule has 2 N–H and O–H groups in total. The molecule has 12 heavy (non-hydrogen) atoms. The van der Waals surface area contributed by atoms with E-state index in [1.165, 1.54) is 0 Å². The molecule has 0 bridgehead atoms. The predicted molar refractivity (Wildman–Crippen MR) is 44.2 cm³/mol. The molecule has 0 aromatic rings. The molecule has 1 saturated heterocycles. The second-order valence-electron chi connectivity index (χ2n) is 4.54. The zero-order valence-corrected chi connectivity index (χ0v) is 7.55. The van der Waals surface area contributed by atoms with Crippen molar-refractivity contribution in [2.24, 2.45) is 11.3 Å². The summed E-state index contributed by atoms with van der Waals surface area (Å²) in [6.07, 6.45) is 2.69. The number of carbonyl (C=O) groups excluding carboxylic acids is 1. The lowest BCUT2D eigenvalue weighted by Crippen LogP contribution is -2.42. The highest BCUT2D eigenvalue weighted by Crippen LogP contribution is 2.49. The third-order valence-electron chi connectivity index (χ3n) is 3.41. The van der Waals surface area contributed by atoms with Crippen molar-refractivity contribution in [2.45, 2.75) is 38.8 Å². The van der Waals surface area contributed by atoms with E-state index in [2.05, 4.69) is 5.32 Å². The van der Waals surface area contributed by atoms with E-state index in [9.17, 15) is 9.90 Å². The lowest BCUT2D eigenvalue weighted by atomic mass is 9.78. The molecule has 1 saturated carbocycles. The summed E-state index contributed by atoms with van der Waals surface area (Å²) in [5, 5.41) is 12.7. The maximum atomic E-state index is 11.4. The molecule has 3 heteroatoms. The topological polar surface area (TPSA) is 49.3 Å². The second kappa shape index (κ2) is 2.02. The van der Waals surface area contributed by atoms with Gasteiger partial charge in [0.25, 0.3) is 0 Å². The van der Waals surface area contributed by atoms with E-state index in [-0.39, 0.29) is 17.2 Å². The van der Waals surface area contributed by atoms with Gasteiger partial charge in [-0.05, 0) is 19.3 Å². The fourth-order valence-electron chi connectivity index (χ4n) is 2.61. The molecule has 2 atom stereocenters. The maximum Gasteiger partial charge on any atom is 0.228 e. The SMILES string of the molecule is CC1(C)C(=O)NC2(O)CCCC21. The van der Waals surface area contributed by atoms with Gasteiger partial charge in [-0.25, -0.2) is 0 Å². The number of carbonyl (C=O) groups is 1. The van der Waals surface area contributed by atoms with Crippen LogP contribution in [0.15, 0.2) is 0 Å². The minimum absolute atomic E-state index is 0.00491. The molecule has 2 aliphatic rings. The summed E-state index contributed by atoms with van der Waals surface area (Å²) in [5.74, 6) is 0.104. The first-order valence-corrected chi connectivity index (χ1v) is 4.52. The molecule has 2 rings (SSSR count). The average Bonchev–Trinajstić information content (AvgIpc) is 2.36. The van der Waals surface area contributed by atoms with Crippen molar-refractivity contribution in [3.8, 4) is 0 Å². The number of nitrogens with one attached hydrogen (secondary N) is 1. The molecule has 0 aromatic carbocycles. The van der Waals surface area contributed by atoms with Gasteiger partial charge in [0.05, 0.1) is 5.41 Å². The summed E-state index contributed by atoms with van der Waals surface area (Å²) in [5.41, 5.74) is -1.27. The molecule has 1 amide bonds. The maximum absolute atomic E-state index is 11.4. The quantitative estimate of drug-likeness (QED) is 0.559. The number of hydrogen-bond acceptors (Lipinski definition) is 2. The third-order valence-corrected chi connectivity index (χ3v) is 3.41. The first kappa shape index (κ1) is 8.05. The number of hydrogen-bond donors (Lipinski definition) is 2. The summed E-state index contributed by atoms with van der Waals surface area (Å²) in [6.45, 7) is 3.83. The van der Waals surface area contributed by atoms with Crippen LogP contribution in [-0.2, 0) is 4.79 Å². The van der Waals surface area contributed by atoms with Crippen molar-refractivity contribution in [1.82, 2.24) is 5.32 Å². The van der Waals surface area contributed by atoms with E-state index in [1.54, 1.807) is 0 Å². The molecule has 0 radical (unpaired) electrons. The Kier molecular flexibility index (Phi) is 1.35. The molecule has 68 valence electrons. The van der Waals surface area contributed by atoms with E-state index in [0.717, 1.165) is 12.8 Å². The molecule has 0 spiro atoms. The van der Waals surface area contributed by atoms with Crippen LogP contribution < -0.4 is 5.32 Å². The van der Waals surface area contributed by atoms with Gasteiger partial charge in [0.2, 0.25) is 5.91 Å². The highest BCUT2D eigenvalue weighted by Gasteiger charge is 2.58. The van der Waals surface area contributed by atoms with Crippen LogP contribution >= 0.6 is 0 Å². The summed E-state index contributed by atoms with van der Waals surface area (Å²) in [4.78, 5) is 11.4. The van der Waals surface area contributed by atoms with Crippen LogP contribution in [0.2, 0.25) is 0 Å². The normalized spacial score (nSPS) is 44.2. The summed E-state index contributed by atoms with van der Waals surface area (Å²) in [7, 11) is 0. The highest BCUT2D eigenvalue weighted by atomic mass is 16.3. The van der Waals surface area contributed by atoms with E-state index in [1.807, 2.05) is 13.8 Å². The van der Waals surface area contributed by atoms with E-state index in [4.69, 9.17) is 0 Å². The van der Waals surface area contributed by atoms with Gasteiger partial charge >= 0.3 is 0 Å². The van der Waals surface area contributed by atoms with Crippen molar-refractivity contribution in [2.75, 3.05) is 0 Å². The molecular weight excluding hydrogens is 154 g/mol. The van der Waals surface area contributed by atoms with Crippen LogP contribution in [0.5, 0.6) is 0 Å². The van der Waals surface area contributed by atoms with Crippen molar-refractivity contribution in [3.63, 3.8) is 0 Å². The molecule has 1 heterocycles. The Bertz CT molecular complexity index is 237. The number of rotatable bonds is 0. The van der Waals surface area contributed by atoms with Gasteiger partial charge in [0.15, 0.2) is 0 Å². The van der Waals surface area contributed by atoms with Crippen LogP contribution in [0.3, 0.4) is 0 Å². The van der Waals surface area contributed by atoms with Crippen molar-refractivity contribution in [1.29, 1.82) is 0 Å². The fourth-order valence-corrected chi connectivity index (χ4v) is 2.61. The van der Waals surface area contributed by atoms with Gasteiger partial charge in [-0.3, -0.25) is 4.79 Å². The largest absolute Gasteiger partial charge is 0.371 e. The average molecular weight is 169 g/mol. The Morgan fingerprint density at radius 3 is 2.83 bits per heavy atom.